The zero-order chi connectivity index (χ0) is 12.4. The van der Waals surface area contributed by atoms with Crippen molar-refractivity contribution < 1.29 is 15.0 Å². The highest BCUT2D eigenvalue weighted by molar-refractivity contribution is 5.95. The van der Waals surface area contributed by atoms with E-state index in [4.69, 9.17) is 10.8 Å². The lowest BCUT2D eigenvalue weighted by molar-refractivity contribution is 0.0420. The van der Waals surface area contributed by atoms with Gasteiger partial charge in [0.1, 0.15) is 5.75 Å². The van der Waals surface area contributed by atoms with Crippen molar-refractivity contribution in [2.75, 3.05) is 12.3 Å². The third-order valence-corrected chi connectivity index (χ3v) is 3.05. The molecular formula is C12H16N2O3. The van der Waals surface area contributed by atoms with Crippen LogP contribution in [0.3, 0.4) is 0 Å². The van der Waals surface area contributed by atoms with Gasteiger partial charge in [-0.3, -0.25) is 4.79 Å². The van der Waals surface area contributed by atoms with E-state index in [-0.39, 0.29) is 23.4 Å². The third-order valence-electron chi connectivity index (χ3n) is 3.05. The van der Waals surface area contributed by atoms with E-state index in [1.165, 1.54) is 12.1 Å². The molecule has 0 radical (unpaired) electrons. The number of phenolic OH excluding ortho intramolecular Hbond substituents is 1. The standard InChI is InChI=1S/C12H16N2O3/c13-10-2-1-8(5-11(10)16)12(17)14-6-7-3-9(15)4-7/h1-2,5,7,9,15-16H,3-4,6,13H2,(H,14,17). The van der Waals surface area contributed by atoms with E-state index in [9.17, 15) is 9.90 Å². The number of aliphatic hydroxyl groups is 1. The first-order chi connectivity index (χ1) is 8.06. The smallest absolute Gasteiger partial charge is 0.251 e. The van der Waals surface area contributed by atoms with E-state index in [1.54, 1.807) is 6.07 Å². The van der Waals surface area contributed by atoms with E-state index in [0.29, 0.717) is 18.0 Å². The highest BCUT2D eigenvalue weighted by Gasteiger charge is 2.27. The number of carbonyl (C=O) groups excluding carboxylic acids is 1. The van der Waals surface area contributed by atoms with Crippen LogP contribution in [0.4, 0.5) is 5.69 Å². The molecule has 5 heteroatoms. The van der Waals surface area contributed by atoms with Crippen LogP contribution in [-0.2, 0) is 0 Å². The first kappa shape index (κ1) is 11.7. The van der Waals surface area contributed by atoms with Gasteiger partial charge >= 0.3 is 0 Å². The molecule has 0 heterocycles. The molecule has 17 heavy (non-hydrogen) atoms. The number of phenols is 1. The summed E-state index contributed by atoms with van der Waals surface area (Å²) in [5.74, 6) is 0.0368. The monoisotopic (exact) mass is 236 g/mol. The van der Waals surface area contributed by atoms with Crippen molar-refractivity contribution in [3.05, 3.63) is 23.8 Å². The normalized spacial score (nSPS) is 22.9. The average Bonchev–Trinajstić information content (AvgIpc) is 2.26. The number of anilines is 1. The van der Waals surface area contributed by atoms with E-state index >= 15 is 0 Å². The minimum atomic E-state index is -0.235. The minimum Gasteiger partial charge on any atom is -0.506 e. The summed E-state index contributed by atoms with van der Waals surface area (Å²) in [5.41, 5.74) is 6.09. The number of hydrogen-bond acceptors (Lipinski definition) is 4. The van der Waals surface area contributed by atoms with Gasteiger partial charge in [-0.25, -0.2) is 0 Å². The lowest BCUT2D eigenvalue weighted by Crippen LogP contribution is -2.38. The van der Waals surface area contributed by atoms with Crippen LogP contribution < -0.4 is 11.1 Å². The zero-order valence-corrected chi connectivity index (χ0v) is 9.39. The molecule has 0 saturated heterocycles. The molecular weight excluding hydrogens is 220 g/mol. The van der Waals surface area contributed by atoms with Crippen molar-refractivity contribution in [2.45, 2.75) is 18.9 Å². The van der Waals surface area contributed by atoms with Gasteiger partial charge in [0, 0.05) is 12.1 Å². The first-order valence-electron chi connectivity index (χ1n) is 5.61. The molecule has 0 bridgehead atoms. The third kappa shape index (κ3) is 2.68. The molecule has 1 amide bonds. The summed E-state index contributed by atoms with van der Waals surface area (Å²) in [5, 5.41) is 21.3. The van der Waals surface area contributed by atoms with Gasteiger partial charge in [-0.15, -0.1) is 0 Å². The van der Waals surface area contributed by atoms with Gasteiger partial charge in [0.25, 0.3) is 5.91 Å². The molecule has 0 aliphatic heterocycles. The minimum absolute atomic E-state index is 0.0864. The molecule has 1 fully saturated rings. The number of nitrogens with two attached hydrogens (primary N) is 1. The number of nitrogens with one attached hydrogen (secondary N) is 1. The lowest BCUT2D eigenvalue weighted by Gasteiger charge is -2.31. The summed E-state index contributed by atoms with van der Waals surface area (Å²) in [6.07, 6.45) is 1.28. The zero-order valence-electron chi connectivity index (χ0n) is 9.39. The highest BCUT2D eigenvalue weighted by Crippen LogP contribution is 2.26. The van der Waals surface area contributed by atoms with Gasteiger partial charge in [-0.1, -0.05) is 0 Å². The summed E-state index contributed by atoms with van der Waals surface area (Å²) in [6.45, 7) is 0.557. The van der Waals surface area contributed by atoms with Gasteiger partial charge in [0.05, 0.1) is 11.8 Å². The molecule has 1 aromatic rings. The molecule has 1 aromatic carbocycles. The second-order valence-electron chi connectivity index (χ2n) is 4.47. The Morgan fingerprint density at radius 2 is 2.18 bits per heavy atom. The molecule has 1 saturated carbocycles. The van der Waals surface area contributed by atoms with Gasteiger partial charge < -0.3 is 21.3 Å². The van der Waals surface area contributed by atoms with Crippen molar-refractivity contribution in [3.8, 4) is 5.75 Å². The van der Waals surface area contributed by atoms with Crippen LogP contribution in [0.1, 0.15) is 23.2 Å². The van der Waals surface area contributed by atoms with Crippen LogP contribution >= 0.6 is 0 Å². The molecule has 1 aliphatic carbocycles. The maximum Gasteiger partial charge on any atom is 0.251 e. The predicted molar refractivity (Wildman–Crippen MR) is 63.6 cm³/mol. The molecule has 5 nitrogen and oxygen atoms in total. The Morgan fingerprint density at radius 3 is 2.76 bits per heavy atom. The Bertz CT molecular complexity index is 428. The van der Waals surface area contributed by atoms with Crippen LogP contribution in [0.25, 0.3) is 0 Å². The Balaban J connectivity index is 1.88. The van der Waals surface area contributed by atoms with E-state index < -0.39 is 0 Å². The van der Waals surface area contributed by atoms with Crippen molar-refractivity contribution in [1.29, 1.82) is 0 Å². The molecule has 0 atom stereocenters. The SMILES string of the molecule is Nc1ccc(C(=O)NCC2CC(O)C2)cc1O. The number of hydrogen-bond donors (Lipinski definition) is 4. The highest BCUT2D eigenvalue weighted by atomic mass is 16.3. The lowest BCUT2D eigenvalue weighted by atomic mass is 9.82. The molecule has 0 aromatic heterocycles. The molecule has 0 spiro atoms. The first-order valence-corrected chi connectivity index (χ1v) is 5.61. The van der Waals surface area contributed by atoms with Crippen LogP contribution in [-0.4, -0.2) is 28.8 Å². The summed E-state index contributed by atoms with van der Waals surface area (Å²) in [4.78, 5) is 11.7. The van der Waals surface area contributed by atoms with Gasteiger partial charge in [0.2, 0.25) is 0 Å². The van der Waals surface area contributed by atoms with Crippen LogP contribution in [0.15, 0.2) is 18.2 Å². The number of rotatable bonds is 3. The fraction of sp³-hybridized carbons (Fsp3) is 0.417. The van der Waals surface area contributed by atoms with E-state index in [2.05, 4.69) is 5.32 Å². The largest absolute Gasteiger partial charge is 0.506 e. The maximum atomic E-state index is 11.7. The molecule has 92 valence electrons. The van der Waals surface area contributed by atoms with E-state index in [1.807, 2.05) is 0 Å². The van der Waals surface area contributed by atoms with Crippen LogP contribution in [0, 0.1) is 5.92 Å². The average molecular weight is 236 g/mol. The summed E-state index contributed by atoms with van der Waals surface area (Å²) >= 11 is 0. The second-order valence-corrected chi connectivity index (χ2v) is 4.47. The second kappa shape index (κ2) is 4.63. The van der Waals surface area contributed by atoms with Gasteiger partial charge in [-0.2, -0.15) is 0 Å². The summed E-state index contributed by atoms with van der Waals surface area (Å²) in [6, 6.07) is 4.41. The molecule has 0 unspecified atom stereocenters. The quantitative estimate of drug-likeness (QED) is 0.453. The fourth-order valence-electron chi connectivity index (χ4n) is 1.89. The Hall–Kier alpha value is -1.75. The number of carbonyl (C=O) groups is 1. The van der Waals surface area contributed by atoms with Crippen LogP contribution in [0.5, 0.6) is 5.75 Å². The number of benzene rings is 1. The molecule has 5 N–H and O–H groups in total. The Labute approximate surface area is 99.3 Å². The number of amides is 1. The van der Waals surface area contributed by atoms with Crippen molar-refractivity contribution in [1.82, 2.24) is 5.32 Å². The maximum absolute atomic E-state index is 11.7. The van der Waals surface area contributed by atoms with Crippen molar-refractivity contribution in [2.24, 2.45) is 5.92 Å². The number of nitrogen functional groups attached to an aromatic ring is 1. The number of aliphatic hydroxyl groups excluding tert-OH is 1. The topological polar surface area (TPSA) is 95.6 Å². The van der Waals surface area contributed by atoms with Gasteiger partial charge in [-0.05, 0) is 37.0 Å². The number of aromatic hydroxyl groups is 1. The van der Waals surface area contributed by atoms with Crippen molar-refractivity contribution in [3.63, 3.8) is 0 Å². The Kier molecular flexibility index (Phi) is 3.19. The fourth-order valence-corrected chi connectivity index (χ4v) is 1.89. The summed E-state index contributed by atoms with van der Waals surface area (Å²) in [7, 11) is 0. The van der Waals surface area contributed by atoms with Gasteiger partial charge in [0.15, 0.2) is 0 Å². The predicted octanol–water partition coefficient (Wildman–Crippen LogP) is 0.475. The molecule has 1 aliphatic rings. The van der Waals surface area contributed by atoms with E-state index in [0.717, 1.165) is 12.8 Å². The Morgan fingerprint density at radius 1 is 1.47 bits per heavy atom. The molecule has 2 rings (SSSR count). The van der Waals surface area contributed by atoms with Crippen LogP contribution in [0.2, 0.25) is 0 Å². The van der Waals surface area contributed by atoms with Crippen molar-refractivity contribution >= 4 is 11.6 Å². The summed E-state index contributed by atoms with van der Waals surface area (Å²) < 4.78 is 0.